The Labute approximate surface area is 137 Å². The van der Waals surface area contributed by atoms with Crippen LogP contribution in [-0.2, 0) is 32.6 Å². The first kappa shape index (κ1) is 16.5. The van der Waals surface area contributed by atoms with Gasteiger partial charge in [0, 0.05) is 13.0 Å². The summed E-state index contributed by atoms with van der Waals surface area (Å²) in [6, 6.07) is 1.05. The predicted molar refractivity (Wildman–Crippen MR) is 82.1 cm³/mol. The molecule has 1 aromatic carbocycles. The summed E-state index contributed by atoms with van der Waals surface area (Å²) in [6.45, 7) is 0.767. The molecule has 1 saturated heterocycles. The summed E-state index contributed by atoms with van der Waals surface area (Å²) in [6.07, 6.45) is 1.21. The Morgan fingerprint density at radius 2 is 2.21 bits per heavy atom. The second-order valence-electron chi connectivity index (χ2n) is 5.87. The normalized spacial score (nSPS) is 22.0. The lowest BCUT2D eigenvalue weighted by atomic mass is 9.87. The number of anilines is 1. The van der Waals surface area contributed by atoms with Gasteiger partial charge < -0.3 is 10.4 Å². The number of carbonyl (C=O) groups excluding carboxylic acids is 2. The van der Waals surface area contributed by atoms with Gasteiger partial charge in [-0.05, 0) is 36.5 Å². The maximum atomic E-state index is 14.9. The fourth-order valence-electron chi connectivity index (χ4n) is 3.13. The van der Waals surface area contributed by atoms with Gasteiger partial charge in [-0.1, -0.05) is 0 Å². The number of rotatable bonds is 2. The maximum absolute atomic E-state index is 14.9. The minimum atomic E-state index is -4.23. The van der Waals surface area contributed by atoms with E-state index in [9.17, 15) is 27.5 Å². The molecule has 0 saturated carbocycles. The van der Waals surface area contributed by atoms with Gasteiger partial charge >= 0.3 is 10.2 Å². The number of aromatic hydroxyl groups is 1. The molecule has 0 bridgehead atoms. The van der Waals surface area contributed by atoms with Gasteiger partial charge in [0.2, 0.25) is 5.91 Å². The second kappa shape index (κ2) is 5.62. The molecular formula is C14H16FN3O5S. The smallest absolute Gasteiger partial charge is 0.326 e. The van der Waals surface area contributed by atoms with Crippen molar-refractivity contribution in [1.82, 2.24) is 10.0 Å². The van der Waals surface area contributed by atoms with Crippen molar-refractivity contribution in [2.24, 2.45) is 0 Å². The van der Waals surface area contributed by atoms with Gasteiger partial charge in [-0.15, -0.1) is 0 Å². The lowest BCUT2D eigenvalue weighted by molar-refractivity contribution is -0.120. The highest BCUT2D eigenvalue weighted by Gasteiger charge is 2.39. The molecule has 1 unspecified atom stereocenters. The number of amides is 2. The Kier molecular flexibility index (Phi) is 3.86. The molecule has 0 spiro atoms. The molecule has 1 atom stereocenters. The van der Waals surface area contributed by atoms with Crippen LogP contribution in [0.1, 0.15) is 24.5 Å². The standard InChI is InChI=1S/C14H16FN3O5S/c1-7(19)16-9-3-2-8-4-11(20)14(13(15)10(8)5-9)18-6-12(21)17-24(18,22)23/h4,9,20H,2-3,5-6H2,1H3,(H,16,19)(H,17,21). The van der Waals surface area contributed by atoms with Crippen LogP contribution in [0.4, 0.5) is 10.1 Å². The van der Waals surface area contributed by atoms with E-state index in [0.29, 0.717) is 22.7 Å². The Morgan fingerprint density at radius 3 is 2.79 bits per heavy atom. The van der Waals surface area contributed by atoms with Crippen molar-refractivity contribution in [3.8, 4) is 5.75 Å². The average Bonchev–Trinajstić information content (AvgIpc) is 2.72. The highest BCUT2D eigenvalue weighted by molar-refractivity contribution is 7.92. The SMILES string of the molecule is CC(=O)NC1CCc2cc(O)c(N3CC(=O)NS3(=O)=O)c(F)c2C1. The number of nitrogens with one attached hydrogen (secondary N) is 2. The van der Waals surface area contributed by atoms with Crippen LogP contribution in [0, 0.1) is 5.82 Å². The quantitative estimate of drug-likeness (QED) is 0.672. The molecule has 3 rings (SSSR count). The fraction of sp³-hybridized carbons (Fsp3) is 0.429. The second-order valence-corrected chi connectivity index (χ2v) is 7.47. The van der Waals surface area contributed by atoms with Gasteiger partial charge in [-0.2, -0.15) is 8.42 Å². The first-order valence-electron chi connectivity index (χ1n) is 7.32. The zero-order chi connectivity index (χ0) is 17.6. The van der Waals surface area contributed by atoms with Gasteiger partial charge in [0.15, 0.2) is 5.82 Å². The molecule has 1 aliphatic carbocycles. The molecule has 1 heterocycles. The summed E-state index contributed by atoms with van der Waals surface area (Å²) in [5.74, 6) is -2.47. The van der Waals surface area contributed by atoms with Crippen molar-refractivity contribution in [1.29, 1.82) is 0 Å². The molecule has 10 heteroatoms. The molecule has 24 heavy (non-hydrogen) atoms. The van der Waals surface area contributed by atoms with Crippen LogP contribution < -0.4 is 14.3 Å². The molecule has 0 aromatic heterocycles. The van der Waals surface area contributed by atoms with Gasteiger partial charge in [-0.3, -0.25) is 9.59 Å². The predicted octanol–water partition coefficient (Wildman–Crippen LogP) is -0.294. The van der Waals surface area contributed by atoms with Crippen LogP contribution in [0.15, 0.2) is 6.07 Å². The van der Waals surface area contributed by atoms with Crippen molar-refractivity contribution in [3.05, 3.63) is 23.0 Å². The number of carbonyl (C=O) groups is 2. The van der Waals surface area contributed by atoms with Crippen molar-refractivity contribution >= 4 is 27.7 Å². The van der Waals surface area contributed by atoms with Gasteiger partial charge in [-0.25, -0.2) is 13.4 Å². The molecule has 1 aromatic rings. The van der Waals surface area contributed by atoms with E-state index >= 15 is 0 Å². The lowest BCUT2D eigenvalue weighted by Gasteiger charge is -2.28. The van der Waals surface area contributed by atoms with Crippen LogP contribution in [0.25, 0.3) is 0 Å². The van der Waals surface area contributed by atoms with Gasteiger partial charge in [0.05, 0.1) is 0 Å². The van der Waals surface area contributed by atoms with Crippen LogP contribution in [0.2, 0.25) is 0 Å². The Hall–Kier alpha value is -2.36. The molecule has 130 valence electrons. The van der Waals surface area contributed by atoms with Crippen molar-refractivity contribution < 1.29 is 27.5 Å². The van der Waals surface area contributed by atoms with E-state index in [0.717, 1.165) is 0 Å². The van der Waals surface area contributed by atoms with E-state index in [4.69, 9.17) is 0 Å². The summed E-state index contributed by atoms with van der Waals surface area (Å²) in [5, 5.41) is 12.8. The molecule has 0 radical (unpaired) electrons. The average molecular weight is 357 g/mol. The summed E-state index contributed by atoms with van der Waals surface area (Å²) >= 11 is 0. The van der Waals surface area contributed by atoms with Crippen molar-refractivity contribution in [2.75, 3.05) is 10.8 Å². The lowest BCUT2D eigenvalue weighted by Crippen LogP contribution is -2.38. The molecule has 2 aliphatic rings. The van der Waals surface area contributed by atoms with E-state index in [1.165, 1.54) is 13.0 Å². The Morgan fingerprint density at radius 1 is 1.50 bits per heavy atom. The molecule has 8 nitrogen and oxygen atoms in total. The zero-order valence-electron chi connectivity index (χ0n) is 12.8. The number of nitrogens with zero attached hydrogens (tertiary/aromatic N) is 1. The van der Waals surface area contributed by atoms with Crippen molar-refractivity contribution in [2.45, 2.75) is 32.2 Å². The van der Waals surface area contributed by atoms with E-state index in [1.807, 2.05) is 0 Å². The third-order valence-corrected chi connectivity index (χ3v) is 5.48. The van der Waals surface area contributed by atoms with Crippen LogP contribution >= 0.6 is 0 Å². The van der Waals surface area contributed by atoms with E-state index in [1.54, 1.807) is 4.72 Å². The molecular weight excluding hydrogens is 341 g/mol. The minimum Gasteiger partial charge on any atom is -0.506 e. The molecule has 1 fully saturated rings. The number of phenolic OH excluding ortho intramolecular Hbond substituents is 1. The van der Waals surface area contributed by atoms with E-state index in [-0.39, 0.29) is 23.9 Å². The summed E-state index contributed by atoms with van der Waals surface area (Å²) < 4.78 is 41.0. The number of fused-ring (bicyclic) bond motifs is 1. The van der Waals surface area contributed by atoms with Gasteiger partial charge in [0.25, 0.3) is 5.91 Å². The highest BCUT2D eigenvalue weighted by atomic mass is 32.2. The molecule has 1 aliphatic heterocycles. The fourth-order valence-corrected chi connectivity index (χ4v) is 4.30. The first-order valence-corrected chi connectivity index (χ1v) is 8.76. The van der Waals surface area contributed by atoms with Crippen molar-refractivity contribution in [3.63, 3.8) is 0 Å². The number of halogens is 1. The number of hydrogen-bond acceptors (Lipinski definition) is 5. The summed E-state index contributed by atoms with van der Waals surface area (Å²) in [5.41, 5.74) is 0.254. The summed E-state index contributed by atoms with van der Waals surface area (Å²) in [7, 11) is -4.23. The highest BCUT2D eigenvalue weighted by Crippen LogP contribution is 2.39. The Balaban J connectivity index is 2.04. The van der Waals surface area contributed by atoms with Gasteiger partial charge in [0.1, 0.15) is 18.0 Å². The third-order valence-electron chi connectivity index (χ3n) is 4.10. The van der Waals surface area contributed by atoms with Crippen LogP contribution in [0.3, 0.4) is 0 Å². The molecule has 2 amide bonds. The Bertz CT molecular complexity index is 839. The largest absolute Gasteiger partial charge is 0.506 e. The first-order chi connectivity index (χ1) is 11.2. The monoisotopic (exact) mass is 357 g/mol. The minimum absolute atomic E-state index is 0.184. The zero-order valence-corrected chi connectivity index (χ0v) is 13.6. The number of hydrogen-bond donors (Lipinski definition) is 3. The van der Waals surface area contributed by atoms with E-state index in [2.05, 4.69) is 5.32 Å². The topological polar surface area (TPSA) is 116 Å². The van der Waals surface area contributed by atoms with E-state index < -0.39 is 39.9 Å². The number of aryl methyl sites for hydroxylation is 1. The third kappa shape index (κ3) is 2.77. The summed E-state index contributed by atoms with van der Waals surface area (Å²) in [4.78, 5) is 22.5. The number of benzene rings is 1. The van der Waals surface area contributed by atoms with Crippen LogP contribution in [-0.4, -0.2) is 37.9 Å². The molecule has 3 N–H and O–H groups in total. The van der Waals surface area contributed by atoms with Crippen LogP contribution in [0.5, 0.6) is 5.75 Å². The number of phenols is 1. The maximum Gasteiger partial charge on any atom is 0.326 e.